The van der Waals surface area contributed by atoms with Crippen LogP contribution in [0.2, 0.25) is 0 Å². The average Bonchev–Trinajstić information content (AvgIpc) is 2.66. The third kappa shape index (κ3) is 3.23. The van der Waals surface area contributed by atoms with Crippen molar-refractivity contribution in [3.63, 3.8) is 0 Å². The first-order chi connectivity index (χ1) is 8.16. The Morgan fingerprint density at radius 3 is 2.82 bits per heavy atom. The van der Waals surface area contributed by atoms with Gasteiger partial charge in [-0.05, 0) is 13.0 Å². The molecule has 0 radical (unpaired) electrons. The third-order valence-corrected chi connectivity index (χ3v) is 3.84. The van der Waals surface area contributed by atoms with Crippen LogP contribution >= 0.6 is 11.8 Å². The number of nitrogens with zero attached hydrogens (tertiary/aromatic N) is 3. The molecule has 17 heavy (non-hydrogen) atoms. The van der Waals surface area contributed by atoms with E-state index in [1.807, 2.05) is 29.6 Å². The fraction of sp³-hybridized carbons (Fsp3) is 0.636. The maximum atomic E-state index is 11.9. The zero-order chi connectivity index (χ0) is 12.3. The van der Waals surface area contributed by atoms with Crippen molar-refractivity contribution < 1.29 is 4.79 Å². The number of carbonyl (C=O) groups is 1. The molecule has 6 heteroatoms. The molecular weight excluding hydrogens is 236 g/mol. The Balaban J connectivity index is 1.85. The normalized spacial score (nSPS) is 16.2. The first-order valence-electron chi connectivity index (χ1n) is 5.79. The Bertz CT molecular complexity index is 398. The molecule has 5 nitrogen and oxygen atoms in total. The van der Waals surface area contributed by atoms with Crippen LogP contribution in [0, 0.1) is 6.92 Å². The van der Waals surface area contributed by atoms with E-state index in [4.69, 9.17) is 0 Å². The number of piperazine rings is 1. The zero-order valence-electron chi connectivity index (χ0n) is 10.3. The van der Waals surface area contributed by atoms with Gasteiger partial charge in [-0.1, -0.05) is 11.8 Å². The number of nitrogens with one attached hydrogen (secondary N) is 1. The van der Waals surface area contributed by atoms with Gasteiger partial charge in [-0.15, -0.1) is 0 Å². The summed E-state index contributed by atoms with van der Waals surface area (Å²) in [5.41, 5.74) is 0.990. The first kappa shape index (κ1) is 12.4. The number of rotatable bonds is 3. The minimum atomic E-state index is 0.218. The van der Waals surface area contributed by atoms with Gasteiger partial charge in [0.05, 0.1) is 16.5 Å². The van der Waals surface area contributed by atoms with Crippen LogP contribution in [0.15, 0.2) is 11.1 Å². The summed E-state index contributed by atoms with van der Waals surface area (Å²) in [5, 5.41) is 8.55. The van der Waals surface area contributed by atoms with Crippen LogP contribution in [0.25, 0.3) is 0 Å². The van der Waals surface area contributed by atoms with E-state index in [1.165, 1.54) is 0 Å². The molecule has 0 aromatic carbocycles. The lowest BCUT2D eigenvalue weighted by atomic mass is 10.3. The Kier molecular flexibility index (Phi) is 4.06. The van der Waals surface area contributed by atoms with E-state index in [1.54, 1.807) is 11.8 Å². The van der Waals surface area contributed by atoms with E-state index < -0.39 is 0 Å². The standard InChI is InChI=1S/C11H18N4OS/c1-9-7-11(14(2)13-9)17-8-10(16)15-5-3-12-4-6-15/h7,12H,3-6,8H2,1-2H3. The van der Waals surface area contributed by atoms with Gasteiger partial charge in [-0.2, -0.15) is 5.10 Å². The van der Waals surface area contributed by atoms with E-state index >= 15 is 0 Å². The molecule has 0 atom stereocenters. The maximum absolute atomic E-state index is 11.9. The van der Waals surface area contributed by atoms with Crippen LogP contribution < -0.4 is 5.32 Å². The van der Waals surface area contributed by atoms with E-state index in [0.29, 0.717) is 5.75 Å². The molecule has 1 aromatic rings. The van der Waals surface area contributed by atoms with Crippen molar-refractivity contribution >= 4 is 17.7 Å². The van der Waals surface area contributed by atoms with Gasteiger partial charge < -0.3 is 10.2 Å². The van der Waals surface area contributed by atoms with Gasteiger partial charge in [0.15, 0.2) is 0 Å². The Morgan fingerprint density at radius 2 is 2.24 bits per heavy atom. The molecule has 2 heterocycles. The first-order valence-corrected chi connectivity index (χ1v) is 6.77. The highest BCUT2D eigenvalue weighted by atomic mass is 32.2. The summed E-state index contributed by atoms with van der Waals surface area (Å²) in [4.78, 5) is 13.9. The van der Waals surface area contributed by atoms with Crippen LogP contribution in [0.4, 0.5) is 0 Å². The van der Waals surface area contributed by atoms with Crippen LogP contribution in [-0.4, -0.2) is 52.5 Å². The summed E-state index contributed by atoms with van der Waals surface area (Å²) in [6.45, 7) is 5.41. The predicted octanol–water partition coefficient (Wildman–Crippen LogP) is 0.252. The Morgan fingerprint density at radius 1 is 1.53 bits per heavy atom. The van der Waals surface area contributed by atoms with Gasteiger partial charge in [-0.25, -0.2) is 0 Å². The maximum Gasteiger partial charge on any atom is 0.233 e. The highest BCUT2D eigenvalue weighted by Gasteiger charge is 2.16. The van der Waals surface area contributed by atoms with E-state index in [2.05, 4.69) is 10.4 Å². The van der Waals surface area contributed by atoms with E-state index in [-0.39, 0.29) is 5.91 Å². The largest absolute Gasteiger partial charge is 0.339 e. The number of aryl methyl sites for hydroxylation is 2. The van der Waals surface area contributed by atoms with Crippen molar-refractivity contribution in [2.45, 2.75) is 11.9 Å². The average molecular weight is 254 g/mol. The summed E-state index contributed by atoms with van der Waals surface area (Å²) in [5.74, 6) is 0.717. The van der Waals surface area contributed by atoms with Crippen LogP contribution in [-0.2, 0) is 11.8 Å². The third-order valence-electron chi connectivity index (χ3n) is 2.77. The second kappa shape index (κ2) is 5.55. The number of thioether (sulfide) groups is 1. The molecule has 1 aliphatic heterocycles. The molecule has 0 bridgehead atoms. The predicted molar refractivity (Wildman–Crippen MR) is 68.1 cm³/mol. The monoisotopic (exact) mass is 254 g/mol. The molecular formula is C11H18N4OS. The van der Waals surface area contributed by atoms with Crippen molar-refractivity contribution in [3.8, 4) is 0 Å². The fourth-order valence-corrected chi connectivity index (χ4v) is 2.80. The smallest absolute Gasteiger partial charge is 0.233 e. The van der Waals surface area contributed by atoms with E-state index in [9.17, 15) is 4.79 Å². The molecule has 0 aliphatic carbocycles. The van der Waals surface area contributed by atoms with E-state index in [0.717, 1.165) is 36.9 Å². The molecule has 1 amide bonds. The quantitative estimate of drug-likeness (QED) is 0.786. The Hall–Kier alpha value is -1.01. The SMILES string of the molecule is Cc1cc(SCC(=O)N2CCNCC2)n(C)n1. The van der Waals surface area contributed by atoms with Gasteiger partial charge in [0.1, 0.15) is 0 Å². The fourth-order valence-electron chi connectivity index (χ4n) is 1.86. The molecule has 1 fully saturated rings. The molecule has 1 N–H and O–H groups in total. The van der Waals surface area contributed by atoms with Crippen molar-refractivity contribution in [3.05, 3.63) is 11.8 Å². The molecule has 1 aliphatic rings. The molecule has 0 spiro atoms. The molecule has 0 unspecified atom stereocenters. The second-order valence-corrected chi connectivity index (χ2v) is 5.16. The highest BCUT2D eigenvalue weighted by Crippen LogP contribution is 2.18. The lowest BCUT2D eigenvalue weighted by molar-refractivity contribution is -0.128. The molecule has 1 saturated heterocycles. The van der Waals surface area contributed by atoms with Crippen molar-refractivity contribution in [2.75, 3.05) is 31.9 Å². The number of amides is 1. The lowest BCUT2D eigenvalue weighted by Gasteiger charge is -2.27. The Labute approximate surface area is 106 Å². The zero-order valence-corrected chi connectivity index (χ0v) is 11.1. The van der Waals surface area contributed by atoms with Crippen molar-refractivity contribution in [2.24, 2.45) is 7.05 Å². The summed E-state index contributed by atoms with van der Waals surface area (Å²) >= 11 is 1.56. The van der Waals surface area contributed by atoms with Gasteiger partial charge in [-0.3, -0.25) is 9.48 Å². The number of aromatic nitrogens is 2. The van der Waals surface area contributed by atoms with Crippen molar-refractivity contribution in [1.82, 2.24) is 20.0 Å². The second-order valence-electron chi connectivity index (χ2n) is 4.17. The minimum absolute atomic E-state index is 0.218. The number of hydrogen-bond acceptors (Lipinski definition) is 4. The molecule has 94 valence electrons. The summed E-state index contributed by atoms with van der Waals surface area (Å²) in [7, 11) is 1.91. The molecule has 2 rings (SSSR count). The number of hydrogen-bond donors (Lipinski definition) is 1. The highest BCUT2D eigenvalue weighted by molar-refractivity contribution is 7.99. The van der Waals surface area contributed by atoms with Crippen LogP contribution in [0.5, 0.6) is 0 Å². The van der Waals surface area contributed by atoms with Gasteiger partial charge in [0.2, 0.25) is 5.91 Å². The minimum Gasteiger partial charge on any atom is -0.339 e. The molecule has 1 aromatic heterocycles. The summed E-state index contributed by atoms with van der Waals surface area (Å²) in [6, 6.07) is 2.01. The van der Waals surface area contributed by atoms with Gasteiger partial charge in [0, 0.05) is 33.2 Å². The summed E-state index contributed by atoms with van der Waals surface area (Å²) in [6.07, 6.45) is 0. The summed E-state index contributed by atoms with van der Waals surface area (Å²) < 4.78 is 1.82. The van der Waals surface area contributed by atoms with Crippen molar-refractivity contribution in [1.29, 1.82) is 0 Å². The van der Waals surface area contributed by atoms with Crippen LogP contribution in [0.1, 0.15) is 5.69 Å². The topological polar surface area (TPSA) is 50.2 Å². The number of carbonyl (C=O) groups excluding carboxylic acids is 1. The van der Waals surface area contributed by atoms with Gasteiger partial charge in [0.25, 0.3) is 0 Å². The molecule has 0 saturated carbocycles. The van der Waals surface area contributed by atoms with Gasteiger partial charge >= 0.3 is 0 Å². The van der Waals surface area contributed by atoms with Crippen LogP contribution in [0.3, 0.4) is 0 Å². The lowest BCUT2D eigenvalue weighted by Crippen LogP contribution is -2.47.